The van der Waals surface area contributed by atoms with E-state index < -0.39 is 0 Å². The molecule has 1 rings (SSSR count). The fourth-order valence-electron chi connectivity index (χ4n) is 7.03. The van der Waals surface area contributed by atoms with E-state index in [2.05, 4.69) is 42.3 Å². The Bertz CT molecular complexity index is 677. The predicted octanol–water partition coefficient (Wildman–Crippen LogP) is 14.3. The molecule has 0 saturated carbocycles. The first-order chi connectivity index (χ1) is 21.8. The van der Waals surface area contributed by atoms with E-state index >= 15 is 0 Å². The lowest BCUT2D eigenvalue weighted by Gasteiger charge is -2.07. The third-order valence-electron chi connectivity index (χ3n) is 10.1. The Morgan fingerprint density at radius 1 is 0.386 bits per heavy atom. The van der Waals surface area contributed by atoms with Gasteiger partial charge in [0.05, 0.1) is 13.1 Å². The third kappa shape index (κ3) is 25.4. The molecule has 0 N–H and O–H groups in total. The summed E-state index contributed by atoms with van der Waals surface area (Å²) in [5.41, 5.74) is 0. The molecule has 0 unspecified atom stereocenters. The molecule has 0 radical (unpaired) electrons. The van der Waals surface area contributed by atoms with Crippen molar-refractivity contribution in [3.05, 3.63) is 18.2 Å². The number of hydrogen-bond donors (Lipinski definition) is 0. The first-order valence-electron chi connectivity index (χ1n) is 20.9. The highest BCUT2D eigenvalue weighted by molar-refractivity contribution is 4.84. The third-order valence-corrected chi connectivity index (χ3v) is 10.1. The van der Waals surface area contributed by atoms with Crippen molar-refractivity contribution in [3.8, 4) is 0 Å². The fourth-order valence-corrected chi connectivity index (χ4v) is 7.03. The van der Waals surface area contributed by atoms with E-state index in [9.17, 15) is 0 Å². The molecule has 0 aliphatic rings. The summed E-state index contributed by atoms with van der Waals surface area (Å²) in [5.74, 6) is 1.62. The monoisotopic (exact) mass is 616 g/mol. The zero-order chi connectivity index (χ0) is 31.6. The Kier molecular flexibility index (Phi) is 31.5. The topological polar surface area (TPSA) is 8.81 Å². The molecule has 1 aromatic heterocycles. The molecule has 0 fully saturated rings. The zero-order valence-corrected chi connectivity index (χ0v) is 31.0. The summed E-state index contributed by atoms with van der Waals surface area (Å²) in [6, 6.07) is 0. The molecule has 0 atom stereocenters. The van der Waals surface area contributed by atoms with Crippen molar-refractivity contribution in [1.29, 1.82) is 0 Å². The highest BCUT2D eigenvalue weighted by Crippen LogP contribution is 2.16. The van der Waals surface area contributed by atoms with Gasteiger partial charge in [-0.2, -0.15) is 0 Å². The van der Waals surface area contributed by atoms with Crippen molar-refractivity contribution < 1.29 is 4.57 Å². The Labute approximate surface area is 279 Å². The van der Waals surface area contributed by atoms with Gasteiger partial charge in [-0.25, -0.2) is 9.13 Å². The van der Waals surface area contributed by atoms with Crippen LogP contribution in [0, 0.1) is 0 Å². The quantitative estimate of drug-likeness (QED) is 0.0524. The molecule has 0 aliphatic heterocycles. The largest absolute Gasteiger partial charge is 0.256 e. The second-order valence-corrected chi connectivity index (χ2v) is 14.5. The van der Waals surface area contributed by atoms with Gasteiger partial charge in [0.1, 0.15) is 12.4 Å². The van der Waals surface area contributed by atoms with Gasteiger partial charge in [0.2, 0.25) is 0 Å². The Morgan fingerprint density at radius 2 is 0.705 bits per heavy atom. The average molecular weight is 616 g/mol. The van der Waals surface area contributed by atoms with E-state index in [0.717, 1.165) is 0 Å². The molecular weight excluding hydrogens is 532 g/mol. The van der Waals surface area contributed by atoms with E-state index in [4.69, 9.17) is 0 Å². The minimum Gasteiger partial charge on any atom is -0.234 e. The van der Waals surface area contributed by atoms with E-state index in [0.29, 0.717) is 0 Å². The number of unbranched alkanes of at least 4 members (excludes halogenated alkanes) is 30. The second kappa shape index (κ2) is 33.6. The van der Waals surface area contributed by atoms with Crippen molar-refractivity contribution in [3.63, 3.8) is 0 Å². The minimum atomic E-state index is 1.22. The van der Waals surface area contributed by atoms with Crippen molar-refractivity contribution in [2.75, 3.05) is 0 Å². The van der Waals surface area contributed by atoms with E-state index in [1.165, 1.54) is 231 Å². The summed E-state index contributed by atoms with van der Waals surface area (Å²) in [4.78, 5) is 0. The summed E-state index contributed by atoms with van der Waals surface area (Å²) in [7, 11) is 0. The molecular formula is C42H83N2+. The van der Waals surface area contributed by atoms with Crippen LogP contribution in [0.25, 0.3) is 0 Å². The van der Waals surface area contributed by atoms with Crippen LogP contribution in [0.2, 0.25) is 0 Å². The summed E-state index contributed by atoms with van der Waals surface area (Å²) in [6.07, 6.45) is 53.4. The zero-order valence-electron chi connectivity index (χ0n) is 31.0. The Morgan fingerprint density at radius 3 is 1.09 bits per heavy atom. The number of nitrogens with zero attached hydrogens (tertiary/aromatic N) is 2. The summed E-state index contributed by atoms with van der Waals surface area (Å²) < 4.78 is 5.24. The molecule has 44 heavy (non-hydrogen) atoms. The van der Waals surface area contributed by atoms with Crippen LogP contribution in [-0.4, -0.2) is 4.57 Å². The summed E-state index contributed by atoms with van der Waals surface area (Å²) >= 11 is 0. The molecule has 260 valence electrons. The molecule has 1 aromatic rings. The molecule has 2 heteroatoms. The lowest BCUT2D eigenvalue weighted by Crippen LogP contribution is -2.37. The lowest BCUT2D eigenvalue weighted by molar-refractivity contribution is -0.704. The smallest absolute Gasteiger partial charge is 0.234 e. The van der Waals surface area contributed by atoms with E-state index in [-0.39, 0.29) is 0 Å². The maximum atomic E-state index is 2.63. The van der Waals surface area contributed by atoms with Gasteiger partial charge < -0.3 is 0 Å². The van der Waals surface area contributed by atoms with Gasteiger partial charge in [0.25, 0.3) is 5.82 Å². The maximum absolute atomic E-state index is 2.63. The van der Waals surface area contributed by atoms with Crippen LogP contribution in [0.3, 0.4) is 0 Å². The molecule has 0 saturated heterocycles. The molecule has 2 nitrogen and oxygen atoms in total. The van der Waals surface area contributed by atoms with Crippen LogP contribution in [0.5, 0.6) is 0 Å². The highest BCUT2D eigenvalue weighted by atomic mass is 15.1. The van der Waals surface area contributed by atoms with Crippen LogP contribution in [0.1, 0.15) is 238 Å². The van der Waals surface area contributed by atoms with Crippen molar-refractivity contribution in [2.45, 2.75) is 252 Å². The first-order valence-corrected chi connectivity index (χ1v) is 20.9. The number of aromatic nitrogens is 2. The predicted molar refractivity (Wildman–Crippen MR) is 198 cm³/mol. The van der Waals surface area contributed by atoms with Gasteiger partial charge in [-0.3, -0.25) is 0 Å². The standard InChI is InChI=1S/C42H83N2/c1-4-7-10-13-15-17-19-21-22-23-25-27-29-31-33-36-39-44-41-40-43(38-35-12-9-6-3)42(44)37-34-32-30-28-26-24-20-18-16-14-11-8-5-2/h40-41H,4-39H2,1-3H3/q+1. The van der Waals surface area contributed by atoms with Crippen LogP contribution in [-0.2, 0) is 19.5 Å². The van der Waals surface area contributed by atoms with Gasteiger partial charge in [0, 0.05) is 6.42 Å². The normalized spacial score (nSPS) is 11.6. The van der Waals surface area contributed by atoms with Gasteiger partial charge in [0.15, 0.2) is 0 Å². The first kappa shape index (κ1) is 41.2. The number of aryl methyl sites for hydroxylation is 2. The molecule has 0 amide bonds. The maximum Gasteiger partial charge on any atom is 0.256 e. The molecule has 0 aromatic carbocycles. The van der Waals surface area contributed by atoms with Crippen molar-refractivity contribution >= 4 is 0 Å². The second-order valence-electron chi connectivity index (χ2n) is 14.5. The van der Waals surface area contributed by atoms with E-state index in [1.807, 2.05) is 0 Å². The van der Waals surface area contributed by atoms with E-state index in [1.54, 1.807) is 5.82 Å². The van der Waals surface area contributed by atoms with Gasteiger partial charge >= 0.3 is 0 Å². The molecule has 0 aliphatic carbocycles. The van der Waals surface area contributed by atoms with Crippen LogP contribution in [0.15, 0.2) is 12.4 Å². The average Bonchev–Trinajstić information content (AvgIpc) is 3.42. The van der Waals surface area contributed by atoms with Crippen LogP contribution < -0.4 is 4.57 Å². The van der Waals surface area contributed by atoms with Gasteiger partial charge in [-0.15, -0.1) is 0 Å². The summed E-state index contributed by atoms with van der Waals surface area (Å²) in [6.45, 7) is 9.40. The minimum absolute atomic E-state index is 1.22. The SMILES string of the molecule is CCCCCCCCCCCCCCCCCC[n+]1ccn(CCCCCC)c1CCCCCCCCCCCCCCC. The molecule has 0 bridgehead atoms. The number of hydrogen-bond acceptors (Lipinski definition) is 0. The van der Waals surface area contributed by atoms with Crippen molar-refractivity contribution in [1.82, 2.24) is 4.57 Å². The lowest BCUT2D eigenvalue weighted by atomic mass is 10.0. The number of imidazole rings is 1. The van der Waals surface area contributed by atoms with Gasteiger partial charge in [-0.05, 0) is 32.1 Å². The van der Waals surface area contributed by atoms with Crippen LogP contribution in [0.4, 0.5) is 0 Å². The molecule has 1 heterocycles. The molecule has 0 spiro atoms. The Balaban J connectivity index is 2.14. The highest BCUT2D eigenvalue weighted by Gasteiger charge is 2.16. The van der Waals surface area contributed by atoms with Crippen molar-refractivity contribution in [2.24, 2.45) is 0 Å². The van der Waals surface area contributed by atoms with Crippen LogP contribution >= 0.6 is 0 Å². The summed E-state index contributed by atoms with van der Waals surface area (Å²) in [5, 5.41) is 0. The number of rotatable bonds is 36. The van der Waals surface area contributed by atoms with Gasteiger partial charge in [-0.1, -0.05) is 201 Å². The Hall–Kier alpha value is -0.790. The fraction of sp³-hybridized carbons (Fsp3) is 0.929.